The van der Waals surface area contributed by atoms with Gasteiger partial charge in [-0.25, -0.2) is 9.59 Å². The molecule has 1 fully saturated rings. The van der Waals surface area contributed by atoms with Crippen LogP contribution in [0.1, 0.15) is 37.0 Å². The Morgan fingerprint density at radius 1 is 0.970 bits per heavy atom. The Morgan fingerprint density at radius 2 is 1.52 bits per heavy atom. The number of piperidine rings is 1. The molecule has 1 heterocycles. The van der Waals surface area contributed by atoms with Crippen LogP contribution in [0.25, 0.3) is 0 Å². The number of carboxylic acids is 2. The Morgan fingerprint density at radius 3 is 2.03 bits per heavy atom. The topological polar surface area (TPSA) is 118 Å². The number of phenols is 1. The SMILES string of the molecule is C[C@@H](CN1CCC(Cc2ccccc2)CC1)[C@@H](O)c1ccc(O)cc1.O=C(O)/C=C\C(=O)O. The second kappa shape index (κ2) is 13.4. The molecule has 7 nitrogen and oxygen atoms in total. The lowest BCUT2D eigenvalue weighted by atomic mass is 9.89. The van der Waals surface area contributed by atoms with Gasteiger partial charge >= 0.3 is 11.9 Å². The van der Waals surface area contributed by atoms with Crippen LogP contribution < -0.4 is 0 Å². The van der Waals surface area contributed by atoms with E-state index in [1.807, 2.05) is 12.1 Å². The monoisotopic (exact) mass is 455 g/mol. The first-order chi connectivity index (χ1) is 15.7. The summed E-state index contributed by atoms with van der Waals surface area (Å²) in [7, 11) is 0. The van der Waals surface area contributed by atoms with Crippen LogP contribution in [-0.4, -0.2) is 56.9 Å². The van der Waals surface area contributed by atoms with Gasteiger partial charge in [-0.2, -0.15) is 0 Å². The van der Waals surface area contributed by atoms with Crippen LogP contribution in [0.3, 0.4) is 0 Å². The quantitative estimate of drug-likeness (QED) is 0.448. The zero-order valence-electron chi connectivity index (χ0n) is 18.9. The van der Waals surface area contributed by atoms with E-state index in [4.69, 9.17) is 10.2 Å². The number of aromatic hydroxyl groups is 1. The van der Waals surface area contributed by atoms with Crippen LogP contribution in [-0.2, 0) is 16.0 Å². The summed E-state index contributed by atoms with van der Waals surface area (Å²) in [5.41, 5.74) is 2.32. The van der Waals surface area contributed by atoms with E-state index >= 15 is 0 Å². The third kappa shape index (κ3) is 9.89. The van der Waals surface area contributed by atoms with Crippen molar-refractivity contribution in [1.29, 1.82) is 0 Å². The van der Waals surface area contributed by atoms with Crippen molar-refractivity contribution in [1.82, 2.24) is 4.90 Å². The number of benzene rings is 2. The number of aliphatic hydroxyl groups excluding tert-OH is 1. The highest BCUT2D eigenvalue weighted by Crippen LogP contribution is 2.27. The van der Waals surface area contributed by atoms with Gasteiger partial charge in [-0.1, -0.05) is 49.4 Å². The van der Waals surface area contributed by atoms with Crippen molar-refractivity contribution < 1.29 is 30.0 Å². The van der Waals surface area contributed by atoms with Crippen molar-refractivity contribution in [2.24, 2.45) is 11.8 Å². The Bertz CT molecular complexity index is 873. The van der Waals surface area contributed by atoms with E-state index in [0.29, 0.717) is 12.2 Å². The van der Waals surface area contributed by atoms with Gasteiger partial charge in [0.15, 0.2) is 0 Å². The molecular formula is C26H33NO6. The molecule has 1 aliphatic rings. The average molecular weight is 456 g/mol. The number of nitrogens with zero attached hydrogens (tertiary/aromatic N) is 1. The molecule has 2 aromatic rings. The summed E-state index contributed by atoms with van der Waals surface area (Å²) < 4.78 is 0. The molecule has 0 radical (unpaired) electrons. The van der Waals surface area contributed by atoms with E-state index < -0.39 is 18.0 Å². The first kappa shape index (κ1) is 26.1. The van der Waals surface area contributed by atoms with Gasteiger partial charge in [0.05, 0.1) is 6.10 Å². The number of aliphatic carboxylic acids is 2. The van der Waals surface area contributed by atoms with Crippen molar-refractivity contribution in [3.63, 3.8) is 0 Å². The molecule has 0 saturated carbocycles. The normalized spacial score (nSPS) is 16.5. The summed E-state index contributed by atoms with van der Waals surface area (Å²) >= 11 is 0. The lowest BCUT2D eigenvalue weighted by molar-refractivity contribution is -0.134. The van der Waals surface area contributed by atoms with Crippen LogP contribution >= 0.6 is 0 Å². The number of phenolic OH excluding ortho intramolecular Hbond substituents is 1. The fraction of sp³-hybridized carbons (Fsp3) is 0.385. The van der Waals surface area contributed by atoms with Gasteiger partial charge in [0.25, 0.3) is 0 Å². The smallest absolute Gasteiger partial charge is 0.328 e. The lowest BCUT2D eigenvalue weighted by Crippen LogP contribution is -2.38. The van der Waals surface area contributed by atoms with Gasteiger partial charge < -0.3 is 25.3 Å². The summed E-state index contributed by atoms with van der Waals surface area (Å²) in [6.45, 7) is 5.25. The Hall–Kier alpha value is -3.16. The summed E-state index contributed by atoms with van der Waals surface area (Å²) in [5.74, 6) is -1.32. The van der Waals surface area contributed by atoms with Crippen molar-refractivity contribution in [2.45, 2.75) is 32.3 Å². The summed E-state index contributed by atoms with van der Waals surface area (Å²) in [5, 5.41) is 35.6. The van der Waals surface area contributed by atoms with Gasteiger partial charge in [-0.05, 0) is 67.4 Å². The molecular weight excluding hydrogens is 422 g/mol. The summed E-state index contributed by atoms with van der Waals surface area (Å²) in [6.07, 6.45) is 4.28. The van der Waals surface area contributed by atoms with Gasteiger partial charge in [-0.3, -0.25) is 0 Å². The highest BCUT2D eigenvalue weighted by Gasteiger charge is 2.24. The van der Waals surface area contributed by atoms with Crippen molar-refractivity contribution in [2.75, 3.05) is 19.6 Å². The largest absolute Gasteiger partial charge is 0.508 e. The fourth-order valence-corrected chi connectivity index (χ4v) is 3.97. The molecule has 0 aliphatic carbocycles. The van der Waals surface area contributed by atoms with Gasteiger partial charge in [0, 0.05) is 18.7 Å². The molecule has 0 bridgehead atoms. The zero-order chi connectivity index (χ0) is 24.2. The first-order valence-corrected chi connectivity index (χ1v) is 11.1. The van der Waals surface area contributed by atoms with Gasteiger partial charge in [-0.15, -0.1) is 0 Å². The standard InChI is InChI=1S/C22H29NO2.C4H4O4/c1-17(22(25)20-7-9-21(24)10-8-20)16-23-13-11-19(12-14-23)15-18-5-3-2-4-6-18;5-3(6)1-2-4(7)8/h2-10,17,19,22,24-25H,11-16H2,1H3;1-2H,(H,5,6)(H,7,8)/b;2-1-/t17-,22+;/m0./s1. The molecule has 3 rings (SSSR count). The zero-order valence-corrected chi connectivity index (χ0v) is 18.9. The minimum Gasteiger partial charge on any atom is -0.508 e. The maximum atomic E-state index is 10.5. The third-order valence-electron chi connectivity index (χ3n) is 5.76. The van der Waals surface area contributed by atoms with Crippen LogP contribution in [0.2, 0.25) is 0 Å². The lowest BCUT2D eigenvalue weighted by Gasteiger charge is -2.34. The molecule has 2 aromatic carbocycles. The fourth-order valence-electron chi connectivity index (χ4n) is 3.97. The number of aliphatic hydroxyl groups is 1. The van der Waals surface area contributed by atoms with Crippen molar-refractivity contribution >= 4 is 11.9 Å². The number of likely N-dealkylation sites (tertiary alicyclic amines) is 1. The summed E-state index contributed by atoms with van der Waals surface area (Å²) in [4.78, 5) is 21.6. The molecule has 0 aromatic heterocycles. The second-order valence-electron chi connectivity index (χ2n) is 8.46. The predicted molar refractivity (Wildman–Crippen MR) is 126 cm³/mol. The maximum Gasteiger partial charge on any atom is 0.328 e. The molecule has 0 spiro atoms. The average Bonchev–Trinajstić information content (AvgIpc) is 2.80. The van der Waals surface area contributed by atoms with Gasteiger partial charge in [0.2, 0.25) is 0 Å². The Balaban J connectivity index is 0.000000414. The summed E-state index contributed by atoms with van der Waals surface area (Å²) in [6, 6.07) is 17.7. The second-order valence-corrected chi connectivity index (χ2v) is 8.46. The van der Waals surface area contributed by atoms with E-state index in [0.717, 1.165) is 31.1 Å². The van der Waals surface area contributed by atoms with Gasteiger partial charge in [0.1, 0.15) is 5.75 Å². The van der Waals surface area contributed by atoms with E-state index in [1.165, 1.54) is 24.8 Å². The van der Waals surface area contributed by atoms with Crippen LogP contribution in [0.5, 0.6) is 5.75 Å². The van der Waals surface area contributed by atoms with Crippen LogP contribution in [0.15, 0.2) is 66.7 Å². The molecule has 178 valence electrons. The highest BCUT2D eigenvalue weighted by molar-refractivity contribution is 5.89. The Kier molecular flexibility index (Phi) is 10.6. The van der Waals surface area contributed by atoms with E-state index in [2.05, 4.69) is 42.2 Å². The first-order valence-electron chi connectivity index (χ1n) is 11.1. The van der Waals surface area contributed by atoms with Crippen LogP contribution in [0.4, 0.5) is 0 Å². The number of carboxylic acid groups (broad SMARTS) is 2. The Labute approximate surface area is 194 Å². The molecule has 1 aliphatic heterocycles. The minimum atomic E-state index is -1.26. The van der Waals surface area contributed by atoms with E-state index in [1.54, 1.807) is 12.1 Å². The number of rotatable bonds is 8. The van der Waals surface area contributed by atoms with Crippen LogP contribution in [0, 0.1) is 11.8 Å². The molecule has 7 heteroatoms. The van der Waals surface area contributed by atoms with E-state index in [-0.39, 0.29) is 11.7 Å². The molecule has 33 heavy (non-hydrogen) atoms. The number of hydrogen-bond donors (Lipinski definition) is 4. The highest BCUT2D eigenvalue weighted by atomic mass is 16.4. The minimum absolute atomic E-state index is 0.176. The predicted octanol–water partition coefficient (Wildman–Crippen LogP) is 3.73. The third-order valence-corrected chi connectivity index (χ3v) is 5.76. The molecule has 4 N–H and O–H groups in total. The van der Waals surface area contributed by atoms with Crippen molar-refractivity contribution in [3.05, 3.63) is 77.9 Å². The molecule has 1 saturated heterocycles. The van der Waals surface area contributed by atoms with Crippen molar-refractivity contribution in [3.8, 4) is 5.75 Å². The maximum absolute atomic E-state index is 10.5. The van der Waals surface area contributed by atoms with E-state index in [9.17, 15) is 19.8 Å². The number of carbonyl (C=O) groups is 2. The molecule has 0 unspecified atom stereocenters. The molecule has 0 amide bonds. The molecule has 2 atom stereocenters. The number of hydrogen-bond acceptors (Lipinski definition) is 5.